The Morgan fingerprint density at radius 2 is 2.14 bits per heavy atom. The average Bonchev–Trinajstić information content (AvgIpc) is 2.98. The zero-order valence-electron chi connectivity index (χ0n) is 12.0. The van der Waals surface area contributed by atoms with E-state index in [4.69, 9.17) is 9.15 Å². The fourth-order valence-corrected chi connectivity index (χ4v) is 2.15. The van der Waals surface area contributed by atoms with E-state index in [1.165, 1.54) is 0 Å². The van der Waals surface area contributed by atoms with Crippen LogP contribution < -0.4 is 10.1 Å². The van der Waals surface area contributed by atoms with Crippen LogP contribution in [0.3, 0.4) is 0 Å². The molecule has 3 rings (SSSR count). The van der Waals surface area contributed by atoms with Crippen molar-refractivity contribution in [2.75, 3.05) is 6.54 Å². The number of benzene rings is 1. The van der Waals surface area contributed by atoms with Crippen molar-refractivity contribution in [1.82, 2.24) is 10.3 Å². The van der Waals surface area contributed by atoms with Crippen LogP contribution in [0, 0.1) is 0 Å². The molecule has 0 saturated heterocycles. The summed E-state index contributed by atoms with van der Waals surface area (Å²) in [7, 11) is 0. The molecule has 2 heterocycles. The lowest BCUT2D eigenvalue weighted by Gasteiger charge is -2.04. The smallest absolute Gasteiger partial charge is 0.146 e. The molecule has 21 heavy (non-hydrogen) atoms. The molecule has 0 saturated carbocycles. The number of para-hydroxylation sites is 1. The molecule has 0 aliphatic rings. The van der Waals surface area contributed by atoms with Gasteiger partial charge in [0.05, 0.1) is 18.0 Å². The maximum atomic E-state index is 5.74. The number of ether oxygens (including phenoxy) is 1. The molecule has 4 heteroatoms. The van der Waals surface area contributed by atoms with E-state index in [1.807, 2.05) is 36.4 Å². The van der Waals surface area contributed by atoms with Crippen LogP contribution in [0.2, 0.25) is 0 Å². The Morgan fingerprint density at radius 3 is 3.05 bits per heavy atom. The quantitative estimate of drug-likeness (QED) is 0.751. The van der Waals surface area contributed by atoms with E-state index in [0.717, 1.165) is 41.1 Å². The number of nitrogens with one attached hydrogen (secondary N) is 1. The summed E-state index contributed by atoms with van der Waals surface area (Å²) >= 11 is 0. The third kappa shape index (κ3) is 3.41. The summed E-state index contributed by atoms with van der Waals surface area (Å²) in [6, 6.07) is 12.0. The van der Waals surface area contributed by atoms with Gasteiger partial charge in [-0.15, -0.1) is 0 Å². The number of aromatic nitrogens is 1. The first-order valence-electron chi connectivity index (χ1n) is 7.10. The summed E-state index contributed by atoms with van der Waals surface area (Å²) in [6.45, 7) is 4.25. The first-order chi connectivity index (χ1) is 10.3. The lowest BCUT2D eigenvalue weighted by molar-refractivity contribution is 0.270. The number of hydrogen-bond donors (Lipinski definition) is 1. The molecule has 0 aliphatic heterocycles. The Hall–Kier alpha value is -2.33. The van der Waals surface area contributed by atoms with Gasteiger partial charge in [0.1, 0.15) is 18.1 Å². The van der Waals surface area contributed by atoms with Gasteiger partial charge in [-0.25, -0.2) is 0 Å². The van der Waals surface area contributed by atoms with Gasteiger partial charge in [-0.3, -0.25) is 4.98 Å². The zero-order valence-corrected chi connectivity index (χ0v) is 12.0. The maximum absolute atomic E-state index is 5.74. The van der Waals surface area contributed by atoms with Crippen LogP contribution in [0.25, 0.3) is 10.9 Å². The summed E-state index contributed by atoms with van der Waals surface area (Å²) in [6.07, 6.45) is 3.50. The first kappa shape index (κ1) is 13.6. The van der Waals surface area contributed by atoms with Crippen LogP contribution in [0.5, 0.6) is 5.75 Å². The fraction of sp³-hybridized carbons (Fsp3) is 0.235. The molecule has 2 aromatic heterocycles. The van der Waals surface area contributed by atoms with E-state index in [1.54, 1.807) is 12.5 Å². The van der Waals surface area contributed by atoms with Crippen LogP contribution >= 0.6 is 0 Å². The number of furan rings is 1. The van der Waals surface area contributed by atoms with Gasteiger partial charge in [-0.1, -0.05) is 25.1 Å². The predicted octanol–water partition coefficient (Wildman–Crippen LogP) is 3.52. The minimum atomic E-state index is 0.409. The van der Waals surface area contributed by atoms with Gasteiger partial charge in [0.25, 0.3) is 0 Å². The molecule has 108 valence electrons. The molecule has 0 aliphatic carbocycles. The summed E-state index contributed by atoms with van der Waals surface area (Å²) in [5, 5.41) is 4.33. The molecule has 4 nitrogen and oxygen atoms in total. The molecular weight excluding hydrogens is 264 g/mol. The summed E-state index contributed by atoms with van der Waals surface area (Å²) in [5.74, 6) is 1.56. The van der Waals surface area contributed by atoms with E-state index >= 15 is 0 Å². The van der Waals surface area contributed by atoms with Gasteiger partial charge in [0.2, 0.25) is 0 Å². The molecule has 0 amide bonds. The summed E-state index contributed by atoms with van der Waals surface area (Å²) in [4.78, 5) is 4.37. The highest BCUT2D eigenvalue weighted by atomic mass is 16.5. The molecule has 0 unspecified atom stereocenters. The van der Waals surface area contributed by atoms with Gasteiger partial charge in [0.15, 0.2) is 0 Å². The Bertz CT molecular complexity index is 721. The summed E-state index contributed by atoms with van der Waals surface area (Å²) in [5.41, 5.74) is 2.10. The Kier molecular flexibility index (Phi) is 4.17. The lowest BCUT2D eigenvalue weighted by Crippen LogP contribution is -2.10. The second kappa shape index (κ2) is 6.41. The van der Waals surface area contributed by atoms with E-state index in [2.05, 4.69) is 17.2 Å². The molecule has 0 spiro atoms. The van der Waals surface area contributed by atoms with Crippen molar-refractivity contribution < 1.29 is 9.15 Å². The van der Waals surface area contributed by atoms with Crippen LogP contribution in [0.4, 0.5) is 0 Å². The van der Waals surface area contributed by atoms with Crippen molar-refractivity contribution in [2.45, 2.75) is 20.1 Å². The molecular formula is C17H18N2O2. The predicted molar refractivity (Wildman–Crippen MR) is 82.2 cm³/mol. The second-order valence-electron chi connectivity index (χ2n) is 4.85. The molecule has 1 aromatic carbocycles. The minimum Gasteiger partial charge on any atom is -0.484 e. The van der Waals surface area contributed by atoms with Crippen molar-refractivity contribution in [1.29, 1.82) is 0 Å². The number of hydrogen-bond acceptors (Lipinski definition) is 4. The molecule has 1 N–H and O–H groups in total. The largest absolute Gasteiger partial charge is 0.484 e. The molecule has 0 radical (unpaired) electrons. The summed E-state index contributed by atoms with van der Waals surface area (Å²) < 4.78 is 11.2. The molecule has 0 atom stereocenters. The second-order valence-corrected chi connectivity index (χ2v) is 4.85. The van der Waals surface area contributed by atoms with E-state index < -0.39 is 0 Å². The molecule has 0 bridgehead atoms. The van der Waals surface area contributed by atoms with Crippen molar-refractivity contribution in [3.8, 4) is 5.75 Å². The third-order valence-electron chi connectivity index (χ3n) is 3.23. The topological polar surface area (TPSA) is 47.3 Å². The van der Waals surface area contributed by atoms with Gasteiger partial charge in [0, 0.05) is 17.5 Å². The number of pyridine rings is 1. The highest BCUT2D eigenvalue weighted by Crippen LogP contribution is 2.19. The molecule has 3 aromatic rings. The number of nitrogens with zero attached hydrogens (tertiary/aromatic N) is 1. The van der Waals surface area contributed by atoms with Crippen LogP contribution in [0.15, 0.2) is 53.3 Å². The van der Waals surface area contributed by atoms with Crippen molar-refractivity contribution in [3.63, 3.8) is 0 Å². The number of fused-ring (bicyclic) bond motifs is 1. The van der Waals surface area contributed by atoms with Gasteiger partial charge in [-0.05, 0) is 24.7 Å². The van der Waals surface area contributed by atoms with Crippen molar-refractivity contribution in [3.05, 3.63) is 60.2 Å². The van der Waals surface area contributed by atoms with Crippen molar-refractivity contribution >= 4 is 10.9 Å². The Balaban J connectivity index is 1.64. The highest BCUT2D eigenvalue weighted by molar-refractivity contribution is 5.79. The molecule has 0 fully saturated rings. The van der Waals surface area contributed by atoms with E-state index in [9.17, 15) is 0 Å². The van der Waals surface area contributed by atoms with Crippen LogP contribution in [-0.4, -0.2) is 11.5 Å². The average molecular weight is 282 g/mol. The third-order valence-corrected chi connectivity index (χ3v) is 3.23. The monoisotopic (exact) mass is 282 g/mol. The number of rotatable bonds is 6. The first-order valence-corrected chi connectivity index (χ1v) is 7.10. The van der Waals surface area contributed by atoms with Gasteiger partial charge < -0.3 is 14.5 Å². The lowest BCUT2D eigenvalue weighted by atomic mass is 10.2. The maximum Gasteiger partial charge on any atom is 0.146 e. The van der Waals surface area contributed by atoms with Crippen LogP contribution in [-0.2, 0) is 13.2 Å². The normalized spacial score (nSPS) is 10.9. The standard InChI is InChI=1S/C17H18N2O2/c1-2-18-9-13-7-16(20-11-13)12-21-15-8-14-5-3-4-6-17(14)19-10-15/h3-8,10-11,18H,2,9,12H2,1H3. The van der Waals surface area contributed by atoms with Gasteiger partial charge >= 0.3 is 0 Å². The van der Waals surface area contributed by atoms with E-state index in [0.29, 0.717) is 6.61 Å². The minimum absolute atomic E-state index is 0.409. The van der Waals surface area contributed by atoms with Crippen LogP contribution in [0.1, 0.15) is 18.2 Å². The Labute approximate surface area is 123 Å². The van der Waals surface area contributed by atoms with E-state index in [-0.39, 0.29) is 0 Å². The SMILES string of the molecule is CCNCc1coc(COc2cnc3ccccc3c2)c1. The Morgan fingerprint density at radius 1 is 1.24 bits per heavy atom. The van der Waals surface area contributed by atoms with Crippen molar-refractivity contribution in [2.24, 2.45) is 0 Å². The van der Waals surface area contributed by atoms with Gasteiger partial charge in [-0.2, -0.15) is 0 Å². The highest BCUT2D eigenvalue weighted by Gasteiger charge is 2.04. The fourth-order valence-electron chi connectivity index (χ4n) is 2.15. The zero-order chi connectivity index (χ0) is 14.5.